The summed E-state index contributed by atoms with van der Waals surface area (Å²) in [5.41, 5.74) is 11.5. The first kappa shape index (κ1) is 34.8. The van der Waals surface area contributed by atoms with Crippen LogP contribution in [0.2, 0.25) is 0 Å². The third-order valence-electron chi connectivity index (χ3n) is 12.4. The molecule has 0 unspecified atom stereocenters. The summed E-state index contributed by atoms with van der Waals surface area (Å²) in [6.45, 7) is 26.2. The average molecular weight is 913 g/mol. The van der Waals surface area contributed by atoms with E-state index in [1.807, 2.05) is 26.1 Å². The first-order valence-corrected chi connectivity index (χ1v) is 19.7. The van der Waals surface area contributed by atoms with E-state index in [1.165, 1.54) is 27.6 Å². The summed E-state index contributed by atoms with van der Waals surface area (Å²) in [5, 5.41) is 3.13. The van der Waals surface area contributed by atoms with Crippen LogP contribution in [0.4, 0.5) is 0 Å². The normalized spacial score (nSPS) is 22.4. The Morgan fingerprint density at radius 2 is 1.67 bits per heavy atom. The van der Waals surface area contributed by atoms with E-state index in [2.05, 4.69) is 134 Å². The zero-order valence-corrected chi connectivity index (χ0v) is 36.4. The molecule has 4 heterocycles. The Balaban J connectivity index is 0.00000441. The Morgan fingerprint density at radius 1 is 0.907 bits per heavy atom. The van der Waals surface area contributed by atoms with E-state index >= 15 is 0 Å². The number of aryl methyl sites for hydroxylation is 2. The van der Waals surface area contributed by atoms with Gasteiger partial charge in [0.1, 0.15) is 5.82 Å². The Hall–Kier alpha value is -3.66. The zero-order chi connectivity index (χ0) is 39.4. The van der Waals surface area contributed by atoms with Crippen LogP contribution in [0.15, 0.2) is 65.8 Å². The average Bonchev–Trinajstić information content (AvgIpc) is 3.63. The summed E-state index contributed by atoms with van der Waals surface area (Å²) >= 11 is 1.65. The molecule has 0 saturated carbocycles. The third kappa shape index (κ3) is 5.20. The van der Waals surface area contributed by atoms with Gasteiger partial charge in [0, 0.05) is 42.0 Å². The predicted octanol–water partition coefficient (Wildman–Crippen LogP) is 12.3. The largest absolute Gasteiger partial charge is 2.00 e. The van der Waals surface area contributed by atoms with Crippen molar-refractivity contribution in [3.05, 3.63) is 129 Å². The molecule has 0 N–H and O–H groups in total. The Morgan fingerprint density at radius 3 is 2.39 bits per heavy atom. The molecule has 0 saturated heterocycles. The van der Waals surface area contributed by atoms with Crippen LogP contribution in [0.5, 0.6) is 11.5 Å². The van der Waals surface area contributed by atoms with Gasteiger partial charge in [-0.3, -0.25) is 0 Å². The SMILES string of the molecule is [2H]C1([2H])c2c(ccc(C)c2C)[C@]2(C)SC(c3[c-]c(Oc4[c-]c5c(cc4C)c4cc(C(C)(C)C)cc6c4n5-c4ncccc4C6(C)C)cc(C(C)C)c3)=N[C@]12C.[Pt+2]. The molecule has 1 aliphatic carbocycles. The molecular formula is C48H49N3OPtS. The van der Waals surface area contributed by atoms with Crippen LogP contribution in [-0.4, -0.2) is 20.1 Å². The molecule has 4 aromatic carbocycles. The monoisotopic (exact) mass is 912 g/mol. The Bertz CT molecular complexity index is 2700. The van der Waals surface area contributed by atoms with Gasteiger partial charge in [0.15, 0.2) is 0 Å². The van der Waals surface area contributed by atoms with Crippen molar-refractivity contribution in [3.63, 3.8) is 0 Å². The van der Waals surface area contributed by atoms with Crippen molar-refractivity contribution >= 4 is 38.6 Å². The fourth-order valence-corrected chi connectivity index (χ4v) is 10.0. The van der Waals surface area contributed by atoms with Crippen molar-refractivity contribution in [1.29, 1.82) is 0 Å². The van der Waals surface area contributed by atoms with Gasteiger partial charge in [-0.05, 0) is 90.2 Å². The maximum atomic E-state index is 9.50. The molecule has 6 heteroatoms. The summed E-state index contributed by atoms with van der Waals surface area (Å²) in [6, 6.07) is 27.0. The number of hydrogen-bond donors (Lipinski definition) is 0. The molecule has 0 amide bonds. The second-order valence-corrected chi connectivity index (χ2v) is 19.1. The molecule has 2 atom stereocenters. The number of nitrogens with zero attached hydrogens (tertiary/aromatic N) is 3. The number of aliphatic imine (C=N–C) groups is 1. The topological polar surface area (TPSA) is 39.4 Å². The smallest absolute Gasteiger partial charge is 0.503 e. The quantitative estimate of drug-likeness (QED) is 0.165. The van der Waals surface area contributed by atoms with Crippen molar-refractivity contribution < 1.29 is 28.5 Å². The zero-order valence-electron chi connectivity index (χ0n) is 35.3. The fraction of sp³-hybridized carbons (Fsp3) is 0.375. The number of pyridine rings is 1. The van der Waals surface area contributed by atoms with Gasteiger partial charge in [-0.2, -0.15) is 6.07 Å². The van der Waals surface area contributed by atoms with Crippen molar-refractivity contribution in [2.45, 2.75) is 116 Å². The van der Waals surface area contributed by atoms with Gasteiger partial charge in [-0.1, -0.05) is 103 Å². The minimum Gasteiger partial charge on any atom is -0.503 e. The Kier molecular flexibility index (Phi) is 7.84. The molecule has 0 spiro atoms. The standard InChI is InChI=1S/C48H49N3OS.Pt/c1-26(2)30-19-31(44-50-47(11)25-36-29(5)27(3)15-16-37(36)48(47,12)53-44)21-33(20-30)52-41-24-40-34(18-28(41)4)35-22-32(45(6,7)8)23-39-42(35)51(40)43-38(46(39,9)10)14-13-17-49-43;/h13-20,22-23,26H,25H2,1-12H3;/q-2;+2/t47-,48+;/m1./s1/i25D2;. The first-order chi connectivity index (χ1) is 25.7. The van der Waals surface area contributed by atoms with Gasteiger partial charge in [0.2, 0.25) is 0 Å². The summed E-state index contributed by atoms with van der Waals surface area (Å²) in [6.07, 6.45) is 0.237. The number of thioether (sulfide) groups is 1. The van der Waals surface area contributed by atoms with Crippen LogP contribution in [-0.2, 0) is 43.0 Å². The molecule has 2 aromatic heterocycles. The number of aromatic nitrogens is 2. The van der Waals surface area contributed by atoms with Gasteiger partial charge in [0.05, 0.1) is 10.3 Å². The van der Waals surface area contributed by atoms with Crippen molar-refractivity contribution in [2.75, 3.05) is 0 Å². The van der Waals surface area contributed by atoms with Gasteiger partial charge in [-0.25, -0.2) is 4.98 Å². The van der Waals surface area contributed by atoms with E-state index in [-0.39, 0.29) is 37.8 Å². The van der Waals surface area contributed by atoms with Gasteiger partial charge in [-0.15, -0.1) is 46.0 Å². The second kappa shape index (κ2) is 12.2. The van der Waals surface area contributed by atoms with Gasteiger partial charge >= 0.3 is 21.1 Å². The number of hydrogen-bond acceptors (Lipinski definition) is 4. The molecule has 9 rings (SSSR count). The van der Waals surface area contributed by atoms with Crippen molar-refractivity contribution in [1.82, 2.24) is 9.55 Å². The molecule has 2 aliphatic heterocycles. The number of rotatable bonds is 4. The van der Waals surface area contributed by atoms with Crippen molar-refractivity contribution in [3.8, 4) is 17.3 Å². The maximum absolute atomic E-state index is 9.50. The van der Waals surface area contributed by atoms with E-state index in [4.69, 9.17) is 14.7 Å². The van der Waals surface area contributed by atoms with Gasteiger partial charge < -0.3 is 14.3 Å². The minimum absolute atomic E-state index is 0. The molecule has 0 fully saturated rings. The summed E-state index contributed by atoms with van der Waals surface area (Å²) in [5.74, 6) is 2.39. The van der Waals surface area contributed by atoms with Crippen LogP contribution in [0.1, 0.15) is 127 Å². The van der Waals surface area contributed by atoms with E-state index in [0.717, 1.165) is 60.7 Å². The number of ether oxygens (including phenoxy) is 1. The first-order valence-electron chi connectivity index (χ1n) is 19.9. The molecule has 3 aliphatic rings. The van der Waals surface area contributed by atoms with E-state index in [1.54, 1.807) is 11.8 Å². The molecule has 278 valence electrons. The van der Waals surface area contributed by atoms with Crippen LogP contribution < -0.4 is 4.74 Å². The maximum Gasteiger partial charge on any atom is 2.00 e. The molecule has 4 nitrogen and oxygen atoms in total. The molecule has 6 aromatic rings. The van der Waals surface area contributed by atoms with Crippen LogP contribution >= 0.6 is 11.8 Å². The fourth-order valence-electron chi connectivity index (χ4n) is 8.63. The minimum atomic E-state index is -1.64. The Labute approximate surface area is 342 Å². The van der Waals surface area contributed by atoms with E-state index in [9.17, 15) is 2.74 Å². The third-order valence-corrected chi connectivity index (χ3v) is 13.9. The summed E-state index contributed by atoms with van der Waals surface area (Å²) in [7, 11) is 0. The van der Waals surface area contributed by atoms with E-state index in [0.29, 0.717) is 11.5 Å². The van der Waals surface area contributed by atoms with Crippen LogP contribution in [0, 0.1) is 32.9 Å². The molecular weight excluding hydrogens is 862 g/mol. The number of benzene rings is 4. The molecule has 0 bridgehead atoms. The van der Waals surface area contributed by atoms with Gasteiger partial charge in [0.25, 0.3) is 0 Å². The number of fused-ring (bicyclic) bond motifs is 8. The van der Waals surface area contributed by atoms with Crippen LogP contribution in [0.25, 0.3) is 27.6 Å². The molecule has 54 heavy (non-hydrogen) atoms. The molecule has 0 radical (unpaired) electrons. The summed E-state index contributed by atoms with van der Waals surface area (Å²) in [4.78, 5) is 10.3. The van der Waals surface area contributed by atoms with Crippen molar-refractivity contribution in [2.24, 2.45) is 4.99 Å². The second-order valence-electron chi connectivity index (χ2n) is 17.7. The van der Waals surface area contributed by atoms with Crippen LogP contribution in [0.3, 0.4) is 0 Å². The van der Waals surface area contributed by atoms with E-state index < -0.39 is 16.7 Å². The predicted molar refractivity (Wildman–Crippen MR) is 222 cm³/mol. The summed E-state index contributed by atoms with van der Waals surface area (Å²) < 4.78 is 27.6.